The topological polar surface area (TPSA) is 75.4 Å². The van der Waals surface area contributed by atoms with Gasteiger partial charge < -0.3 is 14.2 Å². The fourth-order valence-corrected chi connectivity index (χ4v) is 3.89. The second-order valence-corrected chi connectivity index (χ2v) is 7.68. The summed E-state index contributed by atoms with van der Waals surface area (Å²) >= 11 is 0. The third-order valence-electron chi connectivity index (χ3n) is 5.27. The van der Waals surface area contributed by atoms with Crippen molar-refractivity contribution in [2.24, 2.45) is 0 Å². The van der Waals surface area contributed by atoms with Gasteiger partial charge in [0.1, 0.15) is 5.82 Å². The van der Waals surface area contributed by atoms with Gasteiger partial charge in [0.05, 0.1) is 17.4 Å². The van der Waals surface area contributed by atoms with E-state index in [0.717, 1.165) is 18.4 Å². The summed E-state index contributed by atoms with van der Waals surface area (Å²) in [6.45, 7) is 4.08. The SMILES string of the molecule is Cc1nc(C)c(C(=O)N2CCCC2c2nc(N(C)C)ncc2-c2cccc(F)c2)o1. The molecule has 1 unspecified atom stereocenters. The zero-order valence-electron chi connectivity index (χ0n) is 17.5. The van der Waals surface area contributed by atoms with Crippen LogP contribution < -0.4 is 4.90 Å². The summed E-state index contributed by atoms with van der Waals surface area (Å²) in [7, 11) is 3.72. The van der Waals surface area contributed by atoms with Gasteiger partial charge in [0, 0.05) is 39.3 Å². The average Bonchev–Trinajstić information content (AvgIpc) is 3.33. The number of nitrogens with zero attached hydrogens (tertiary/aromatic N) is 5. The van der Waals surface area contributed by atoms with Crippen molar-refractivity contribution in [3.63, 3.8) is 0 Å². The van der Waals surface area contributed by atoms with E-state index in [-0.39, 0.29) is 23.5 Å². The molecule has 2 aromatic heterocycles. The number of hydrogen-bond acceptors (Lipinski definition) is 6. The highest BCUT2D eigenvalue weighted by Gasteiger charge is 2.36. The third kappa shape index (κ3) is 3.65. The Morgan fingerprint density at radius 3 is 2.73 bits per heavy atom. The van der Waals surface area contributed by atoms with Crippen molar-refractivity contribution in [2.75, 3.05) is 25.5 Å². The minimum atomic E-state index is -0.331. The minimum Gasteiger partial charge on any atom is -0.436 e. The van der Waals surface area contributed by atoms with Gasteiger partial charge in [0.25, 0.3) is 5.91 Å². The summed E-state index contributed by atoms with van der Waals surface area (Å²) in [5.41, 5.74) is 2.68. The van der Waals surface area contributed by atoms with Crippen LogP contribution in [-0.2, 0) is 0 Å². The number of rotatable bonds is 4. The molecule has 1 fully saturated rings. The molecule has 1 atom stereocenters. The predicted molar refractivity (Wildman–Crippen MR) is 111 cm³/mol. The van der Waals surface area contributed by atoms with Gasteiger partial charge in [-0.3, -0.25) is 4.79 Å². The molecule has 8 heteroatoms. The Morgan fingerprint density at radius 2 is 2.07 bits per heavy atom. The van der Waals surface area contributed by atoms with Crippen molar-refractivity contribution in [1.82, 2.24) is 19.9 Å². The maximum Gasteiger partial charge on any atom is 0.292 e. The summed E-state index contributed by atoms with van der Waals surface area (Å²) in [5, 5.41) is 0. The Balaban J connectivity index is 1.80. The van der Waals surface area contributed by atoms with E-state index in [4.69, 9.17) is 9.40 Å². The summed E-state index contributed by atoms with van der Waals surface area (Å²) in [6.07, 6.45) is 3.30. The summed E-state index contributed by atoms with van der Waals surface area (Å²) < 4.78 is 19.5. The fourth-order valence-electron chi connectivity index (χ4n) is 3.89. The van der Waals surface area contributed by atoms with Crippen LogP contribution in [-0.4, -0.2) is 46.4 Å². The molecular weight excluding hydrogens is 385 g/mol. The number of hydrogen-bond donors (Lipinski definition) is 0. The van der Waals surface area contributed by atoms with E-state index in [2.05, 4.69) is 9.97 Å². The Hall–Kier alpha value is -3.29. The first-order valence-corrected chi connectivity index (χ1v) is 9.90. The predicted octanol–water partition coefficient (Wildman–Crippen LogP) is 3.93. The highest BCUT2D eigenvalue weighted by Crippen LogP contribution is 2.38. The van der Waals surface area contributed by atoms with E-state index in [0.29, 0.717) is 35.3 Å². The molecule has 0 aliphatic carbocycles. The average molecular weight is 409 g/mol. The van der Waals surface area contributed by atoms with Crippen LogP contribution in [0.2, 0.25) is 0 Å². The van der Waals surface area contributed by atoms with Gasteiger partial charge in [0.15, 0.2) is 5.89 Å². The first-order valence-electron chi connectivity index (χ1n) is 9.90. The molecule has 3 heterocycles. The van der Waals surface area contributed by atoms with Crippen molar-refractivity contribution in [3.8, 4) is 11.1 Å². The molecule has 7 nitrogen and oxygen atoms in total. The van der Waals surface area contributed by atoms with Crippen molar-refractivity contribution in [2.45, 2.75) is 32.7 Å². The fraction of sp³-hybridized carbons (Fsp3) is 0.364. The van der Waals surface area contributed by atoms with E-state index >= 15 is 0 Å². The molecule has 156 valence electrons. The Bertz CT molecular complexity index is 1090. The van der Waals surface area contributed by atoms with Crippen LogP contribution in [0, 0.1) is 19.7 Å². The Labute approximate surface area is 174 Å². The van der Waals surface area contributed by atoms with Crippen molar-refractivity contribution < 1.29 is 13.6 Å². The van der Waals surface area contributed by atoms with Crippen molar-refractivity contribution in [3.05, 3.63) is 59.3 Å². The number of likely N-dealkylation sites (tertiary alicyclic amines) is 1. The van der Waals surface area contributed by atoms with Gasteiger partial charge in [0.2, 0.25) is 11.7 Å². The number of oxazole rings is 1. The van der Waals surface area contributed by atoms with Gasteiger partial charge in [-0.15, -0.1) is 0 Å². The van der Waals surface area contributed by atoms with Gasteiger partial charge in [-0.05, 0) is 37.5 Å². The number of amides is 1. The van der Waals surface area contributed by atoms with Crippen molar-refractivity contribution >= 4 is 11.9 Å². The molecule has 1 aliphatic rings. The lowest BCUT2D eigenvalue weighted by Gasteiger charge is -2.26. The minimum absolute atomic E-state index is 0.203. The van der Waals surface area contributed by atoms with Gasteiger partial charge in [-0.25, -0.2) is 19.3 Å². The van der Waals surface area contributed by atoms with Crippen LogP contribution in [0.15, 0.2) is 34.9 Å². The van der Waals surface area contributed by atoms with E-state index in [1.807, 2.05) is 25.1 Å². The highest BCUT2D eigenvalue weighted by molar-refractivity contribution is 5.93. The van der Waals surface area contributed by atoms with Gasteiger partial charge in [-0.1, -0.05) is 12.1 Å². The molecule has 30 heavy (non-hydrogen) atoms. The van der Waals surface area contributed by atoms with E-state index < -0.39 is 0 Å². The highest BCUT2D eigenvalue weighted by atomic mass is 19.1. The molecule has 1 aliphatic heterocycles. The van der Waals surface area contributed by atoms with Crippen LogP contribution in [0.25, 0.3) is 11.1 Å². The van der Waals surface area contributed by atoms with E-state index in [9.17, 15) is 9.18 Å². The molecule has 0 bridgehead atoms. The van der Waals surface area contributed by atoms with Crippen LogP contribution in [0.5, 0.6) is 0 Å². The monoisotopic (exact) mass is 409 g/mol. The number of halogens is 1. The number of anilines is 1. The van der Waals surface area contributed by atoms with Crippen LogP contribution in [0.1, 0.15) is 46.7 Å². The van der Waals surface area contributed by atoms with Crippen molar-refractivity contribution in [1.29, 1.82) is 0 Å². The smallest absolute Gasteiger partial charge is 0.292 e. The van der Waals surface area contributed by atoms with Crippen LogP contribution >= 0.6 is 0 Å². The van der Waals surface area contributed by atoms with Crippen LogP contribution in [0.4, 0.5) is 10.3 Å². The number of aromatic nitrogens is 3. The first-order chi connectivity index (χ1) is 14.3. The van der Waals surface area contributed by atoms with Gasteiger partial charge in [-0.2, -0.15) is 0 Å². The quantitative estimate of drug-likeness (QED) is 0.650. The molecule has 3 aromatic rings. The summed E-state index contributed by atoms with van der Waals surface area (Å²) in [6, 6.07) is 6.08. The normalized spacial score (nSPS) is 16.2. The second-order valence-electron chi connectivity index (χ2n) is 7.68. The first kappa shape index (κ1) is 20.0. The standard InChI is InChI=1S/C22H24FN5O2/c1-13-20(30-14(2)25-13)21(29)28-10-6-9-18(28)19-17(12-24-22(26-19)27(3)4)15-7-5-8-16(23)11-15/h5,7-8,11-12,18H,6,9-10H2,1-4H3. The number of benzene rings is 1. The molecular formula is C22H24FN5O2. The molecule has 1 saturated heterocycles. The lowest BCUT2D eigenvalue weighted by Crippen LogP contribution is -2.32. The molecule has 1 aromatic carbocycles. The summed E-state index contributed by atoms with van der Waals surface area (Å²) in [4.78, 5) is 30.3. The van der Waals surface area contributed by atoms with Gasteiger partial charge >= 0.3 is 0 Å². The lowest BCUT2D eigenvalue weighted by molar-refractivity contribution is 0.0698. The van der Waals surface area contributed by atoms with E-state index in [1.54, 1.807) is 31.0 Å². The summed E-state index contributed by atoms with van der Waals surface area (Å²) in [5.74, 6) is 0.724. The Morgan fingerprint density at radius 1 is 1.27 bits per heavy atom. The second kappa shape index (κ2) is 7.85. The lowest BCUT2D eigenvalue weighted by atomic mass is 9.99. The number of carbonyl (C=O) groups excluding carboxylic acids is 1. The third-order valence-corrected chi connectivity index (χ3v) is 5.27. The Kier molecular flexibility index (Phi) is 5.24. The van der Waals surface area contributed by atoms with E-state index in [1.165, 1.54) is 12.1 Å². The molecule has 0 radical (unpaired) electrons. The molecule has 0 saturated carbocycles. The van der Waals surface area contributed by atoms with Crippen LogP contribution in [0.3, 0.4) is 0 Å². The maximum absolute atomic E-state index is 13.9. The maximum atomic E-state index is 13.9. The number of aryl methyl sites for hydroxylation is 2. The zero-order valence-corrected chi connectivity index (χ0v) is 17.5. The molecule has 4 rings (SSSR count). The largest absolute Gasteiger partial charge is 0.436 e. The zero-order chi connectivity index (χ0) is 21.4. The molecule has 1 amide bonds. The number of carbonyl (C=O) groups is 1. The molecule has 0 spiro atoms. The molecule has 0 N–H and O–H groups in total.